The molecule has 0 spiro atoms. The maximum absolute atomic E-state index is 13.1. The molecule has 4 rings (SSSR count). The third-order valence-corrected chi connectivity index (χ3v) is 6.77. The standard InChI is InChI=1S/C18H31N3O3.2C2HF3O2/c22-17(21-9-4-13-24-21)18-6-14-23-16(18)5-10-20(15-18)12-11-19-7-2-1-3-8-19;2*3-2(4,5)1(6)7/h16H,1-15H2;2*(H,6,7)/t16-,18-;;/m1../s1. The summed E-state index contributed by atoms with van der Waals surface area (Å²) in [6, 6.07) is 0. The van der Waals surface area contributed by atoms with Crippen molar-refractivity contribution in [2.45, 2.75) is 57.0 Å². The number of piperidine rings is 2. The molecular formula is C22H33F6N3O7. The average Bonchev–Trinajstić information content (AvgIpc) is 3.53. The second kappa shape index (κ2) is 13.8. The van der Waals surface area contributed by atoms with Gasteiger partial charge in [-0.2, -0.15) is 26.3 Å². The number of carboxylic acid groups (broad SMARTS) is 2. The number of aliphatic carboxylic acids is 2. The van der Waals surface area contributed by atoms with Gasteiger partial charge in [-0.25, -0.2) is 14.7 Å². The van der Waals surface area contributed by atoms with Gasteiger partial charge in [-0.1, -0.05) is 6.42 Å². The summed E-state index contributed by atoms with van der Waals surface area (Å²) in [5, 5.41) is 15.9. The van der Waals surface area contributed by atoms with E-state index in [-0.39, 0.29) is 17.4 Å². The van der Waals surface area contributed by atoms with Gasteiger partial charge in [0.2, 0.25) is 0 Å². The van der Waals surface area contributed by atoms with Crippen LogP contribution in [0.5, 0.6) is 0 Å². The summed E-state index contributed by atoms with van der Waals surface area (Å²) < 4.78 is 69.4. The molecule has 0 aromatic heterocycles. The van der Waals surface area contributed by atoms with Gasteiger partial charge >= 0.3 is 24.3 Å². The van der Waals surface area contributed by atoms with Gasteiger partial charge in [-0.15, -0.1) is 0 Å². The fourth-order valence-corrected chi connectivity index (χ4v) is 4.85. The van der Waals surface area contributed by atoms with Gasteiger partial charge in [0.05, 0.1) is 24.7 Å². The van der Waals surface area contributed by atoms with Gasteiger partial charge in [-0.3, -0.25) is 9.63 Å². The van der Waals surface area contributed by atoms with Crippen molar-refractivity contribution in [2.24, 2.45) is 5.41 Å². The van der Waals surface area contributed by atoms with Crippen molar-refractivity contribution in [1.82, 2.24) is 14.9 Å². The SMILES string of the molecule is O=C(N1CCCO1)[C@@]12CCO[C@@H]1CCN(CCN1CCCCC1)C2.O=C(O)C(F)(F)F.O=C(O)C(F)(F)F. The Morgan fingerprint density at radius 3 is 1.84 bits per heavy atom. The Morgan fingerprint density at radius 2 is 1.34 bits per heavy atom. The topological polar surface area (TPSA) is 120 Å². The predicted molar refractivity (Wildman–Crippen MR) is 118 cm³/mol. The molecule has 4 fully saturated rings. The number of fused-ring (bicyclic) bond motifs is 1. The lowest BCUT2D eigenvalue weighted by atomic mass is 9.75. The van der Waals surface area contributed by atoms with Crippen LogP contribution in [0.15, 0.2) is 0 Å². The second-order valence-electron chi connectivity index (χ2n) is 9.43. The molecule has 4 heterocycles. The number of carboxylic acids is 2. The number of likely N-dealkylation sites (tertiary alicyclic amines) is 2. The van der Waals surface area contributed by atoms with E-state index in [1.165, 1.54) is 32.4 Å². The highest BCUT2D eigenvalue weighted by Gasteiger charge is 2.55. The first-order chi connectivity index (χ1) is 17.7. The van der Waals surface area contributed by atoms with E-state index in [1.54, 1.807) is 5.06 Å². The van der Waals surface area contributed by atoms with Crippen LogP contribution >= 0.6 is 0 Å². The van der Waals surface area contributed by atoms with Crippen LogP contribution in [-0.4, -0.2) is 120 Å². The van der Waals surface area contributed by atoms with Crippen molar-refractivity contribution in [3.63, 3.8) is 0 Å². The molecule has 1 amide bonds. The second-order valence-corrected chi connectivity index (χ2v) is 9.43. The van der Waals surface area contributed by atoms with Crippen LogP contribution in [0.2, 0.25) is 0 Å². The molecular weight excluding hydrogens is 532 g/mol. The summed E-state index contributed by atoms with van der Waals surface area (Å²) in [7, 11) is 0. The van der Waals surface area contributed by atoms with Crippen molar-refractivity contribution in [3.8, 4) is 0 Å². The average molecular weight is 566 g/mol. The molecule has 4 aliphatic rings. The number of carbonyl (C=O) groups is 3. The Hall–Kier alpha value is -2.17. The molecule has 0 aromatic rings. The lowest BCUT2D eigenvalue weighted by Gasteiger charge is -2.44. The highest BCUT2D eigenvalue weighted by Crippen LogP contribution is 2.42. The van der Waals surface area contributed by atoms with Gasteiger partial charge in [0.1, 0.15) is 0 Å². The zero-order valence-corrected chi connectivity index (χ0v) is 20.7. The van der Waals surface area contributed by atoms with Crippen molar-refractivity contribution in [1.29, 1.82) is 0 Å². The van der Waals surface area contributed by atoms with E-state index in [9.17, 15) is 31.1 Å². The van der Waals surface area contributed by atoms with Gasteiger partial charge in [0, 0.05) is 32.8 Å². The summed E-state index contributed by atoms with van der Waals surface area (Å²) in [6.45, 7) is 8.70. The Labute approximate surface area is 215 Å². The first kappa shape index (κ1) is 32.0. The summed E-state index contributed by atoms with van der Waals surface area (Å²) in [6.07, 6.45) is -3.26. The maximum atomic E-state index is 13.1. The van der Waals surface area contributed by atoms with Gasteiger partial charge in [0.15, 0.2) is 0 Å². The third kappa shape index (κ3) is 9.24. The summed E-state index contributed by atoms with van der Waals surface area (Å²) in [5.74, 6) is -5.34. The van der Waals surface area contributed by atoms with Crippen LogP contribution < -0.4 is 0 Å². The third-order valence-electron chi connectivity index (χ3n) is 6.77. The van der Waals surface area contributed by atoms with Crippen LogP contribution in [0.1, 0.15) is 38.5 Å². The Balaban J connectivity index is 0.000000301. The van der Waals surface area contributed by atoms with Gasteiger partial charge < -0.3 is 24.7 Å². The molecule has 2 N–H and O–H groups in total. The summed E-state index contributed by atoms with van der Waals surface area (Å²) in [4.78, 5) is 41.6. The van der Waals surface area contributed by atoms with Crippen LogP contribution in [0.3, 0.4) is 0 Å². The highest BCUT2D eigenvalue weighted by molar-refractivity contribution is 5.83. The molecule has 2 atom stereocenters. The van der Waals surface area contributed by atoms with Crippen molar-refractivity contribution in [2.75, 3.05) is 59.0 Å². The summed E-state index contributed by atoms with van der Waals surface area (Å²) in [5.41, 5.74) is -0.371. The fourth-order valence-electron chi connectivity index (χ4n) is 4.85. The monoisotopic (exact) mass is 565 g/mol. The molecule has 38 heavy (non-hydrogen) atoms. The molecule has 0 unspecified atom stereocenters. The molecule has 0 aromatic carbocycles. The first-order valence-electron chi connectivity index (χ1n) is 12.3. The maximum Gasteiger partial charge on any atom is 0.490 e. The molecule has 220 valence electrons. The van der Waals surface area contributed by atoms with Crippen molar-refractivity contribution in [3.05, 3.63) is 0 Å². The molecule has 16 heteroatoms. The molecule has 0 bridgehead atoms. The molecule has 4 aliphatic heterocycles. The predicted octanol–water partition coefficient (Wildman–Crippen LogP) is 2.38. The van der Waals surface area contributed by atoms with Gasteiger partial charge in [0.25, 0.3) is 5.91 Å². The van der Waals surface area contributed by atoms with E-state index in [4.69, 9.17) is 29.4 Å². The fraction of sp³-hybridized carbons (Fsp3) is 0.864. The van der Waals surface area contributed by atoms with E-state index in [0.29, 0.717) is 13.2 Å². The number of nitrogens with zero attached hydrogens (tertiary/aromatic N) is 3. The van der Waals surface area contributed by atoms with E-state index in [1.807, 2.05) is 0 Å². The Morgan fingerprint density at radius 1 is 0.789 bits per heavy atom. The minimum Gasteiger partial charge on any atom is -0.475 e. The largest absolute Gasteiger partial charge is 0.490 e. The number of amides is 1. The zero-order chi connectivity index (χ0) is 28.6. The van der Waals surface area contributed by atoms with Crippen LogP contribution in [0.4, 0.5) is 26.3 Å². The quantitative estimate of drug-likeness (QED) is 0.495. The van der Waals surface area contributed by atoms with Crippen molar-refractivity contribution >= 4 is 17.8 Å². The lowest BCUT2D eigenvalue weighted by Crippen LogP contribution is -2.58. The number of ether oxygens (including phenoxy) is 1. The number of halogens is 6. The normalized spacial score (nSPS) is 26.5. The van der Waals surface area contributed by atoms with E-state index < -0.39 is 24.3 Å². The number of hydroxylamine groups is 2. The minimum absolute atomic E-state index is 0.0837. The molecule has 0 radical (unpaired) electrons. The highest BCUT2D eigenvalue weighted by atomic mass is 19.4. The molecule has 4 saturated heterocycles. The summed E-state index contributed by atoms with van der Waals surface area (Å²) >= 11 is 0. The number of alkyl halides is 6. The first-order valence-corrected chi connectivity index (χ1v) is 12.3. The smallest absolute Gasteiger partial charge is 0.475 e. The van der Waals surface area contributed by atoms with E-state index >= 15 is 0 Å². The number of hydrogen-bond donors (Lipinski definition) is 2. The minimum atomic E-state index is -5.08. The van der Waals surface area contributed by atoms with Crippen molar-refractivity contribution < 1.29 is 60.5 Å². The zero-order valence-electron chi connectivity index (χ0n) is 20.7. The van der Waals surface area contributed by atoms with Gasteiger partial charge in [-0.05, 0) is 45.2 Å². The number of rotatable bonds is 4. The Bertz CT molecular complexity index is 777. The number of hydrogen-bond acceptors (Lipinski definition) is 7. The van der Waals surface area contributed by atoms with Crippen LogP contribution in [0, 0.1) is 5.41 Å². The van der Waals surface area contributed by atoms with E-state index in [0.717, 1.165) is 52.0 Å². The van der Waals surface area contributed by atoms with Crippen LogP contribution in [-0.2, 0) is 24.0 Å². The molecule has 0 saturated carbocycles. The Kier molecular flexibility index (Phi) is 11.6. The number of carbonyl (C=O) groups excluding carboxylic acids is 1. The molecule has 0 aliphatic carbocycles. The van der Waals surface area contributed by atoms with E-state index in [2.05, 4.69) is 9.80 Å². The lowest BCUT2D eigenvalue weighted by molar-refractivity contribution is -0.193. The van der Waals surface area contributed by atoms with Crippen LogP contribution in [0.25, 0.3) is 0 Å². The molecule has 10 nitrogen and oxygen atoms in total.